The van der Waals surface area contributed by atoms with E-state index in [0.717, 1.165) is 40.8 Å². The molecule has 0 spiro atoms. The van der Waals surface area contributed by atoms with Gasteiger partial charge in [-0.2, -0.15) is 5.10 Å². The second-order valence-electron chi connectivity index (χ2n) is 8.10. The van der Waals surface area contributed by atoms with E-state index in [1.807, 2.05) is 17.8 Å². The van der Waals surface area contributed by atoms with Crippen molar-refractivity contribution in [2.24, 2.45) is 11.8 Å². The number of anilines is 1. The highest BCUT2D eigenvalue weighted by molar-refractivity contribution is 5.45. The Bertz CT molecular complexity index is 765. The van der Waals surface area contributed by atoms with Crippen LogP contribution in [-0.4, -0.2) is 51.9 Å². The predicted octanol–water partition coefficient (Wildman–Crippen LogP) is 2.80. The van der Waals surface area contributed by atoms with Gasteiger partial charge >= 0.3 is 0 Å². The Hall–Kier alpha value is -1.88. The highest BCUT2D eigenvalue weighted by Crippen LogP contribution is 2.41. The minimum absolute atomic E-state index is 0.831. The summed E-state index contributed by atoms with van der Waals surface area (Å²) >= 11 is 0. The van der Waals surface area contributed by atoms with Crippen LogP contribution >= 0.6 is 0 Å². The summed E-state index contributed by atoms with van der Waals surface area (Å²) in [6, 6.07) is 7.26. The summed E-state index contributed by atoms with van der Waals surface area (Å²) < 4.78 is 1.98. The maximum atomic E-state index is 4.77. The predicted molar refractivity (Wildman–Crippen MR) is 99.2 cm³/mol. The first kappa shape index (κ1) is 15.4. The number of rotatable bonds is 2. The fourth-order valence-electron chi connectivity index (χ4n) is 5.32. The summed E-state index contributed by atoms with van der Waals surface area (Å²) in [6.07, 6.45) is 6.18. The largest absolute Gasteiger partial charge is 0.356 e. The zero-order chi connectivity index (χ0) is 17.0. The van der Waals surface area contributed by atoms with Crippen molar-refractivity contribution in [2.75, 3.05) is 31.1 Å². The van der Waals surface area contributed by atoms with Crippen molar-refractivity contribution in [2.45, 2.75) is 39.2 Å². The van der Waals surface area contributed by atoms with Gasteiger partial charge in [-0.3, -0.25) is 4.90 Å². The molecule has 0 unspecified atom stereocenters. The smallest absolute Gasteiger partial charge is 0.128 e. The van der Waals surface area contributed by atoms with Gasteiger partial charge in [-0.25, -0.2) is 9.67 Å². The molecular weight excluding hydrogens is 310 g/mol. The zero-order valence-corrected chi connectivity index (χ0v) is 15.2. The lowest BCUT2D eigenvalue weighted by atomic mass is 9.90. The highest BCUT2D eigenvalue weighted by atomic mass is 15.3. The third-order valence-electron chi connectivity index (χ3n) is 6.43. The van der Waals surface area contributed by atoms with E-state index in [0.29, 0.717) is 0 Å². The van der Waals surface area contributed by atoms with E-state index in [9.17, 15) is 0 Å². The van der Waals surface area contributed by atoms with Gasteiger partial charge in [-0.1, -0.05) is 6.42 Å². The summed E-state index contributed by atoms with van der Waals surface area (Å²) in [6.45, 7) is 9.10. The van der Waals surface area contributed by atoms with Crippen molar-refractivity contribution in [1.29, 1.82) is 0 Å². The Morgan fingerprint density at radius 3 is 2.76 bits per heavy atom. The van der Waals surface area contributed by atoms with Gasteiger partial charge in [0.05, 0.1) is 17.6 Å². The standard InChI is InChI=1S/C20H27N5/c1-14-9-15(2)25(22-14)17-6-7-20(21-10-17)24-12-16-11-23-8-4-3-5-19(23)18(16)13-24/h6-7,9-10,16,18-19H,3-5,8,11-13H2,1-2H3/t16-,18-,19-/m0/s1. The summed E-state index contributed by atoms with van der Waals surface area (Å²) in [5, 5.41) is 4.56. The molecule has 5 nitrogen and oxygen atoms in total. The number of hydrogen-bond donors (Lipinski definition) is 0. The van der Waals surface area contributed by atoms with E-state index in [-0.39, 0.29) is 0 Å². The molecule has 0 radical (unpaired) electrons. The van der Waals surface area contributed by atoms with Crippen molar-refractivity contribution in [1.82, 2.24) is 19.7 Å². The lowest BCUT2D eigenvalue weighted by molar-refractivity contribution is 0.173. The van der Waals surface area contributed by atoms with Gasteiger partial charge in [-0.15, -0.1) is 0 Å². The van der Waals surface area contributed by atoms with Crippen molar-refractivity contribution in [3.8, 4) is 5.69 Å². The van der Waals surface area contributed by atoms with E-state index in [2.05, 4.69) is 40.0 Å². The van der Waals surface area contributed by atoms with Crippen molar-refractivity contribution < 1.29 is 0 Å². The maximum absolute atomic E-state index is 4.77. The second-order valence-corrected chi connectivity index (χ2v) is 8.10. The van der Waals surface area contributed by atoms with Gasteiger partial charge in [-0.05, 0) is 63.3 Å². The molecule has 0 amide bonds. The third-order valence-corrected chi connectivity index (χ3v) is 6.43. The van der Waals surface area contributed by atoms with Crippen LogP contribution in [0.4, 0.5) is 5.82 Å². The molecule has 5 heterocycles. The molecule has 5 heteroatoms. The lowest BCUT2D eigenvalue weighted by Crippen LogP contribution is -2.40. The molecule has 0 bridgehead atoms. The number of fused-ring (bicyclic) bond motifs is 3. The average Bonchev–Trinajstić information content (AvgIpc) is 3.27. The monoisotopic (exact) mass is 337 g/mol. The minimum atomic E-state index is 0.831. The van der Waals surface area contributed by atoms with Crippen molar-refractivity contribution >= 4 is 5.82 Å². The van der Waals surface area contributed by atoms with Gasteiger partial charge < -0.3 is 4.90 Å². The molecule has 0 aromatic carbocycles. The molecule has 3 aliphatic rings. The SMILES string of the molecule is Cc1cc(C)n(-c2ccc(N3C[C@@H]4CN5CCCC[C@H]5[C@H]4C3)nc2)n1. The van der Waals surface area contributed by atoms with E-state index in [4.69, 9.17) is 4.98 Å². The third kappa shape index (κ3) is 2.56. The van der Waals surface area contributed by atoms with Crippen LogP contribution < -0.4 is 4.90 Å². The molecule has 25 heavy (non-hydrogen) atoms. The summed E-state index contributed by atoms with van der Waals surface area (Å²) in [7, 11) is 0. The van der Waals surface area contributed by atoms with E-state index in [1.54, 1.807) is 0 Å². The molecule has 3 aliphatic heterocycles. The van der Waals surface area contributed by atoms with E-state index < -0.39 is 0 Å². The van der Waals surface area contributed by atoms with Gasteiger partial charge in [0, 0.05) is 31.4 Å². The van der Waals surface area contributed by atoms with Gasteiger partial charge in [0.25, 0.3) is 0 Å². The fraction of sp³-hybridized carbons (Fsp3) is 0.600. The molecule has 5 rings (SSSR count). The quantitative estimate of drug-likeness (QED) is 0.844. The van der Waals surface area contributed by atoms with Gasteiger partial charge in [0.15, 0.2) is 0 Å². The Balaban J connectivity index is 1.33. The van der Waals surface area contributed by atoms with Gasteiger partial charge in [0.1, 0.15) is 5.82 Å². The molecular formula is C20H27N5. The highest BCUT2D eigenvalue weighted by Gasteiger charge is 2.47. The molecule has 2 aromatic heterocycles. The first-order valence-electron chi connectivity index (χ1n) is 9.68. The first-order chi connectivity index (χ1) is 12.2. The van der Waals surface area contributed by atoms with E-state index in [1.165, 1.54) is 45.4 Å². The number of pyridine rings is 1. The average molecular weight is 337 g/mol. The van der Waals surface area contributed by atoms with Crippen molar-refractivity contribution in [3.05, 3.63) is 35.8 Å². The van der Waals surface area contributed by atoms with Crippen LogP contribution in [0.1, 0.15) is 30.7 Å². The second kappa shape index (κ2) is 5.84. The van der Waals surface area contributed by atoms with Crippen LogP contribution in [0.3, 0.4) is 0 Å². The Kier molecular flexibility index (Phi) is 3.59. The molecule has 2 aromatic rings. The Morgan fingerprint density at radius 2 is 2.00 bits per heavy atom. The molecule has 0 saturated carbocycles. The van der Waals surface area contributed by atoms with Crippen LogP contribution in [0.15, 0.2) is 24.4 Å². The normalized spacial score (nSPS) is 29.0. The summed E-state index contributed by atoms with van der Waals surface area (Å²) in [5.74, 6) is 2.81. The minimum Gasteiger partial charge on any atom is -0.356 e. The molecule has 0 N–H and O–H groups in total. The van der Waals surface area contributed by atoms with Crippen LogP contribution in [0.5, 0.6) is 0 Å². The van der Waals surface area contributed by atoms with Crippen molar-refractivity contribution in [3.63, 3.8) is 0 Å². The van der Waals surface area contributed by atoms with E-state index >= 15 is 0 Å². The number of aryl methyl sites for hydroxylation is 2. The first-order valence-corrected chi connectivity index (χ1v) is 9.68. The van der Waals surface area contributed by atoms with Crippen LogP contribution in [0.25, 0.3) is 5.69 Å². The molecule has 132 valence electrons. The lowest BCUT2D eigenvalue weighted by Gasteiger charge is -2.33. The van der Waals surface area contributed by atoms with Crippen LogP contribution in [0, 0.1) is 25.7 Å². The molecule has 3 fully saturated rings. The van der Waals surface area contributed by atoms with Gasteiger partial charge in [0.2, 0.25) is 0 Å². The summed E-state index contributed by atoms with van der Waals surface area (Å²) in [5.41, 5.74) is 3.25. The number of aromatic nitrogens is 3. The maximum Gasteiger partial charge on any atom is 0.128 e. The number of piperidine rings is 1. The molecule has 0 aliphatic carbocycles. The zero-order valence-electron chi connectivity index (χ0n) is 15.2. The fourth-order valence-corrected chi connectivity index (χ4v) is 5.32. The van der Waals surface area contributed by atoms with Crippen LogP contribution in [0.2, 0.25) is 0 Å². The Labute approximate surface area is 149 Å². The molecule has 3 saturated heterocycles. The number of nitrogens with zero attached hydrogens (tertiary/aromatic N) is 5. The Morgan fingerprint density at radius 1 is 1.08 bits per heavy atom. The summed E-state index contributed by atoms with van der Waals surface area (Å²) in [4.78, 5) is 10.0. The topological polar surface area (TPSA) is 37.2 Å². The van der Waals surface area contributed by atoms with Crippen LogP contribution in [-0.2, 0) is 0 Å². The molecule has 3 atom stereocenters. The number of hydrogen-bond acceptors (Lipinski definition) is 4.